The Morgan fingerprint density at radius 2 is 2.06 bits per heavy atom. The molecule has 0 radical (unpaired) electrons. The van der Waals surface area contributed by atoms with E-state index in [0.29, 0.717) is 6.04 Å². The van der Waals surface area contributed by atoms with E-state index in [1.165, 1.54) is 0 Å². The summed E-state index contributed by atoms with van der Waals surface area (Å²) in [5.41, 5.74) is 2.93. The van der Waals surface area contributed by atoms with Crippen molar-refractivity contribution in [2.45, 2.75) is 33.2 Å². The average molecular weight is 271 g/mol. The third-order valence-corrected chi connectivity index (χ3v) is 3.58. The molecule has 0 saturated carbocycles. The minimum atomic E-state index is 0.0100. The number of ketones is 1. The molecule has 0 amide bonds. The highest BCUT2D eigenvalue weighted by Crippen LogP contribution is 2.23. The number of rotatable bonds is 6. The molecule has 0 aromatic carbocycles. The molecule has 102 valence electrons. The summed E-state index contributed by atoms with van der Waals surface area (Å²) in [5, 5.41) is 0. The first-order valence-electron chi connectivity index (χ1n) is 6.30. The van der Waals surface area contributed by atoms with Gasteiger partial charge in [0.05, 0.1) is 5.88 Å². The number of Topliss-reactive ketones (excluding diaryl/α,β-unsaturated/α-hetero) is 1. The molecule has 0 fully saturated rings. The Labute approximate surface area is 115 Å². The summed E-state index contributed by atoms with van der Waals surface area (Å²) in [4.78, 5) is 13.9. The van der Waals surface area contributed by atoms with Gasteiger partial charge in [-0.1, -0.05) is 0 Å². The normalized spacial score (nSPS) is 13.1. The van der Waals surface area contributed by atoms with Crippen molar-refractivity contribution in [3.63, 3.8) is 0 Å². The third kappa shape index (κ3) is 3.36. The molecule has 0 aliphatic carbocycles. The summed E-state index contributed by atoms with van der Waals surface area (Å²) >= 11 is 5.64. The number of aryl methyl sites for hydroxylation is 1. The lowest BCUT2D eigenvalue weighted by molar-refractivity contribution is 0.102. The monoisotopic (exact) mass is 270 g/mol. The number of halogens is 1. The molecule has 1 heterocycles. The highest BCUT2D eigenvalue weighted by atomic mass is 35.5. The van der Waals surface area contributed by atoms with E-state index >= 15 is 0 Å². The molecule has 0 aliphatic rings. The summed E-state index contributed by atoms with van der Waals surface area (Å²) in [5.74, 6) is 0.0620. The van der Waals surface area contributed by atoms with Gasteiger partial charge in [-0.3, -0.25) is 4.79 Å². The maximum atomic E-state index is 11.7. The number of alkyl halides is 1. The van der Waals surface area contributed by atoms with E-state index in [-0.39, 0.29) is 11.7 Å². The van der Waals surface area contributed by atoms with Crippen molar-refractivity contribution >= 4 is 17.4 Å². The van der Waals surface area contributed by atoms with Gasteiger partial charge in [0.25, 0.3) is 0 Å². The van der Waals surface area contributed by atoms with Crippen molar-refractivity contribution in [3.05, 3.63) is 23.0 Å². The summed E-state index contributed by atoms with van der Waals surface area (Å²) in [6, 6.07) is 2.34. The Bertz CT molecular complexity index is 424. The molecule has 1 rings (SSSR count). The SMILES string of the molecule is Cc1cc(C(=O)CCl)c(C)n1C(C)CCN(C)C. The maximum Gasteiger partial charge on any atom is 0.179 e. The van der Waals surface area contributed by atoms with Gasteiger partial charge in [0.1, 0.15) is 0 Å². The zero-order valence-electron chi connectivity index (χ0n) is 12.0. The molecular weight excluding hydrogens is 248 g/mol. The van der Waals surface area contributed by atoms with E-state index in [9.17, 15) is 4.79 Å². The molecule has 18 heavy (non-hydrogen) atoms. The average Bonchev–Trinajstić information content (AvgIpc) is 2.61. The van der Waals surface area contributed by atoms with Crippen molar-refractivity contribution in [2.24, 2.45) is 0 Å². The molecular formula is C14H23ClN2O. The molecule has 1 unspecified atom stereocenters. The summed E-state index contributed by atoms with van der Waals surface area (Å²) in [6.07, 6.45) is 1.07. The highest BCUT2D eigenvalue weighted by Gasteiger charge is 2.17. The Hall–Kier alpha value is -0.800. The fourth-order valence-electron chi connectivity index (χ4n) is 2.38. The van der Waals surface area contributed by atoms with E-state index in [1.807, 2.05) is 19.9 Å². The first-order valence-corrected chi connectivity index (χ1v) is 6.84. The van der Waals surface area contributed by atoms with Gasteiger partial charge in [-0.15, -0.1) is 11.6 Å². The molecule has 3 nitrogen and oxygen atoms in total. The summed E-state index contributed by atoms with van der Waals surface area (Å²) in [6.45, 7) is 7.28. The lowest BCUT2D eigenvalue weighted by atomic mass is 10.1. The van der Waals surface area contributed by atoms with Crippen LogP contribution in [0.15, 0.2) is 6.07 Å². The van der Waals surface area contributed by atoms with Crippen molar-refractivity contribution in [1.82, 2.24) is 9.47 Å². The van der Waals surface area contributed by atoms with Gasteiger partial charge in [-0.05, 0) is 53.9 Å². The molecule has 1 aromatic heterocycles. The van der Waals surface area contributed by atoms with Gasteiger partial charge in [-0.2, -0.15) is 0 Å². The third-order valence-electron chi connectivity index (χ3n) is 3.34. The second kappa shape index (κ2) is 6.39. The van der Waals surface area contributed by atoms with E-state index in [2.05, 4.69) is 30.5 Å². The Kier molecular flexibility index (Phi) is 5.42. The van der Waals surface area contributed by atoms with Crippen molar-refractivity contribution in [3.8, 4) is 0 Å². The number of hydrogen-bond acceptors (Lipinski definition) is 2. The standard InChI is InChI=1S/C14H23ClN2O/c1-10(6-7-16(4)5)17-11(2)8-13(12(17)3)14(18)9-15/h8,10H,6-7,9H2,1-5H3. The molecule has 4 heteroatoms. The fourth-order valence-corrected chi connectivity index (χ4v) is 2.53. The second-order valence-electron chi connectivity index (χ2n) is 5.15. The fraction of sp³-hybridized carbons (Fsp3) is 0.643. The van der Waals surface area contributed by atoms with E-state index in [4.69, 9.17) is 11.6 Å². The highest BCUT2D eigenvalue weighted by molar-refractivity contribution is 6.30. The first kappa shape index (κ1) is 15.3. The zero-order chi connectivity index (χ0) is 13.9. The molecule has 1 atom stereocenters. The Balaban J connectivity index is 2.95. The van der Waals surface area contributed by atoms with Gasteiger partial charge >= 0.3 is 0 Å². The van der Waals surface area contributed by atoms with Crippen LogP contribution in [0.2, 0.25) is 0 Å². The molecule has 0 aliphatic heterocycles. The van der Waals surface area contributed by atoms with Crippen LogP contribution in [0.5, 0.6) is 0 Å². The molecule has 0 bridgehead atoms. The van der Waals surface area contributed by atoms with Gasteiger partial charge < -0.3 is 9.47 Å². The predicted molar refractivity (Wildman–Crippen MR) is 76.8 cm³/mol. The van der Waals surface area contributed by atoms with Crippen molar-refractivity contribution in [2.75, 3.05) is 26.5 Å². The van der Waals surface area contributed by atoms with Gasteiger partial charge in [0.15, 0.2) is 5.78 Å². The number of nitrogens with zero attached hydrogens (tertiary/aromatic N) is 2. The molecule has 0 saturated heterocycles. The Morgan fingerprint density at radius 1 is 1.44 bits per heavy atom. The van der Waals surface area contributed by atoms with Crippen LogP contribution >= 0.6 is 11.6 Å². The number of carbonyl (C=O) groups excluding carboxylic acids is 1. The van der Waals surface area contributed by atoms with Crippen LogP contribution in [0.3, 0.4) is 0 Å². The summed E-state index contributed by atoms with van der Waals surface area (Å²) < 4.78 is 2.24. The van der Waals surface area contributed by atoms with Crippen LogP contribution in [0.25, 0.3) is 0 Å². The number of carbonyl (C=O) groups is 1. The van der Waals surface area contributed by atoms with Gasteiger partial charge in [0, 0.05) is 23.0 Å². The lowest BCUT2D eigenvalue weighted by Crippen LogP contribution is -2.18. The second-order valence-corrected chi connectivity index (χ2v) is 5.42. The lowest BCUT2D eigenvalue weighted by Gasteiger charge is -2.20. The number of hydrogen-bond donors (Lipinski definition) is 0. The van der Waals surface area contributed by atoms with Crippen LogP contribution in [0.1, 0.15) is 41.1 Å². The van der Waals surface area contributed by atoms with Crippen LogP contribution < -0.4 is 0 Å². The van der Waals surface area contributed by atoms with Gasteiger partial charge in [-0.25, -0.2) is 0 Å². The van der Waals surface area contributed by atoms with Crippen LogP contribution in [0, 0.1) is 13.8 Å². The maximum absolute atomic E-state index is 11.7. The van der Waals surface area contributed by atoms with Crippen molar-refractivity contribution < 1.29 is 4.79 Å². The zero-order valence-corrected chi connectivity index (χ0v) is 12.7. The van der Waals surface area contributed by atoms with Gasteiger partial charge in [0.2, 0.25) is 0 Å². The molecule has 0 N–H and O–H groups in total. The Morgan fingerprint density at radius 3 is 2.56 bits per heavy atom. The summed E-state index contributed by atoms with van der Waals surface area (Å²) in [7, 11) is 4.15. The quantitative estimate of drug-likeness (QED) is 0.586. The van der Waals surface area contributed by atoms with E-state index < -0.39 is 0 Å². The van der Waals surface area contributed by atoms with Crippen LogP contribution in [0.4, 0.5) is 0 Å². The van der Waals surface area contributed by atoms with E-state index in [1.54, 1.807) is 0 Å². The number of aromatic nitrogens is 1. The first-order chi connectivity index (χ1) is 8.38. The smallest absolute Gasteiger partial charge is 0.179 e. The molecule has 0 spiro atoms. The molecule has 1 aromatic rings. The minimum absolute atomic E-state index is 0.0100. The van der Waals surface area contributed by atoms with E-state index in [0.717, 1.165) is 29.9 Å². The van der Waals surface area contributed by atoms with Crippen LogP contribution in [-0.4, -0.2) is 41.8 Å². The minimum Gasteiger partial charge on any atom is -0.346 e. The largest absolute Gasteiger partial charge is 0.346 e. The predicted octanol–water partition coefficient (Wildman–Crippen LogP) is 3.04. The topological polar surface area (TPSA) is 25.2 Å². The van der Waals surface area contributed by atoms with Crippen LogP contribution in [-0.2, 0) is 0 Å². The van der Waals surface area contributed by atoms with Crippen molar-refractivity contribution in [1.29, 1.82) is 0 Å².